The number of hydrogen-bond acceptors (Lipinski definition) is 2. The molecule has 4 aliphatic carbocycles. The summed E-state index contributed by atoms with van der Waals surface area (Å²) in [5.74, 6) is 6.14. The Bertz CT molecular complexity index is 647. The van der Waals surface area contributed by atoms with Crippen LogP contribution in [0.5, 0.6) is 0 Å². The molecule has 31 heavy (non-hydrogen) atoms. The molecule has 0 bridgehead atoms. The molecular formula is C28H49NO2. The first-order valence-corrected chi connectivity index (χ1v) is 13.6. The quantitative estimate of drug-likeness (QED) is 0.471. The molecule has 9 atom stereocenters. The number of primary amides is 1. The maximum atomic E-state index is 11.3. The van der Waals surface area contributed by atoms with Gasteiger partial charge < -0.3 is 10.5 Å². The fraction of sp³-hybridized carbons (Fsp3) is 0.964. The van der Waals surface area contributed by atoms with E-state index < -0.39 is 6.09 Å². The number of carbonyl (C=O) groups excluding carboxylic acids is 1. The molecule has 0 aromatic rings. The minimum atomic E-state index is -0.588. The van der Waals surface area contributed by atoms with Crippen LogP contribution in [0.4, 0.5) is 4.79 Å². The minimum absolute atomic E-state index is 0.0588. The highest BCUT2D eigenvalue weighted by Crippen LogP contribution is 2.68. The number of fused-ring (bicyclic) bond motifs is 5. The van der Waals surface area contributed by atoms with Crippen LogP contribution in [-0.2, 0) is 4.74 Å². The monoisotopic (exact) mass is 431 g/mol. The van der Waals surface area contributed by atoms with E-state index in [1.807, 2.05) is 0 Å². The molecule has 0 aromatic carbocycles. The Morgan fingerprint density at radius 2 is 1.65 bits per heavy atom. The van der Waals surface area contributed by atoms with Crippen LogP contribution in [0.15, 0.2) is 0 Å². The van der Waals surface area contributed by atoms with Crippen LogP contribution in [-0.4, -0.2) is 12.2 Å². The Labute approximate surface area is 191 Å². The third kappa shape index (κ3) is 4.29. The fourth-order valence-electron chi connectivity index (χ4n) is 9.51. The van der Waals surface area contributed by atoms with Gasteiger partial charge in [-0.25, -0.2) is 4.79 Å². The molecule has 0 aliphatic heterocycles. The maximum absolute atomic E-state index is 11.3. The van der Waals surface area contributed by atoms with Crippen LogP contribution < -0.4 is 5.73 Å². The Kier molecular flexibility index (Phi) is 6.73. The predicted molar refractivity (Wildman–Crippen MR) is 128 cm³/mol. The second kappa shape index (κ2) is 8.90. The Morgan fingerprint density at radius 3 is 2.35 bits per heavy atom. The van der Waals surface area contributed by atoms with Gasteiger partial charge in [0.25, 0.3) is 0 Å². The molecular weight excluding hydrogens is 382 g/mol. The first-order valence-electron chi connectivity index (χ1n) is 13.6. The van der Waals surface area contributed by atoms with Gasteiger partial charge in [-0.15, -0.1) is 0 Å². The predicted octanol–water partition coefficient (Wildman–Crippen LogP) is 7.57. The summed E-state index contributed by atoms with van der Waals surface area (Å²) in [6, 6.07) is 0. The molecule has 4 saturated carbocycles. The summed E-state index contributed by atoms with van der Waals surface area (Å²) < 4.78 is 5.43. The average molecular weight is 432 g/mol. The van der Waals surface area contributed by atoms with Gasteiger partial charge in [0.15, 0.2) is 0 Å². The summed E-state index contributed by atoms with van der Waals surface area (Å²) >= 11 is 0. The zero-order chi connectivity index (χ0) is 22.4. The molecule has 3 nitrogen and oxygen atoms in total. The number of nitrogens with two attached hydrogens (primary N) is 1. The van der Waals surface area contributed by atoms with E-state index >= 15 is 0 Å². The minimum Gasteiger partial charge on any atom is -0.446 e. The lowest BCUT2D eigenvalue weighted by molar-refractivity contribution is -0.129. The zero-order valence-electron chi connectivity index (χ0n) is 21.0. The van der Waals surface area contributed by atoms with Gasteiger partial charge in [-0.05, 0) is 110 Å². The Hall–Kier alpha value is -0.730. The van der Waals surface area contributed by atoms with Crippen LogP contribution in [0.2, 0.25) is 0 Å². The van der Waals surface area contributed by atoms with Gasteiger partial charge in [0.05, 0.1) is 0 Å². The highest BCUT2D eigenvalue weighted by molar-refractivity contribution is 5.64. The van der Waals surface area contributed by atoms with E-state index in [-0.39, 0.29) is 6.10 Å². The third-order valence-corrected chi connectivity index (χ3v) is 11.1. The van der Waals surface area contributed by atoms with Gasteiger partial charge in [-0.2, -0.15) is 0 Å². The molecule has 4 rings (SSSR count). The summed E-state index contributed by atoms with van der Waals surface area (Å²) in [6.07, 6.45) is 15.5. The molecule has 0 aromatic heterocycles. The number of amides is 1. The lowest BCUT2D eigenvalue weighted by atomic mass is 9.44. The van der Waals surface area contributed by atoms with Crippen molar-refractivity contribution in [3.05, 3.63) is 0 Å². The van der Waals surface area contributed by atoms with Gasteiger partial charge in [0.2, 0.25) is 0 Å². The molecule has 2 N–H and O–H groups in total. The summed E-state index contributed by atoms with van der Waals surface area (Å²) in [4.78, 5) is 11.3. The summed E-state index contributed by atoms with van der Waals surface area (Å²) in [7, 11) is 0. The van der Waals surface area contributed by atoms with Crippen molar-refractivity contribution in [3.63, 3.8) is 0 Å². The lowest BCUT2D eigenvalue weighted by Crippen LogP contribution is -2.54. The molecule has 0 unspecified atom stereocenters. The zero-order valence-corrected chi connectivity index (χ0v) is 21.0. The van der Waals surface area contributed by atoms with Crippen LogP contribution in [0, 0.1) is 52.3 Å². The first kappa shape index (κ1) is 23.4. The standard InChI is InChI=1S/C28H49NO2/c1-18(2)7-6-8-19(3)23-11-12-24-22-10-9-20-17-21(31-26(29)30)13-15-27(20,4)25(22)14-16-28(23,24)5/h18-25H,6-17H2,1-5H3,(H2,29,30)/t19-,20+,21+,22+,23-,24+,25+,27+,28-/m1/s1. The van der Waals surface area contributed by atoms with Crippen LogP contribution in [0.3, 0.4) is 0 Å². The van der Waals surface area contributed by atoms with Crippen molar-refractivity contribution in [2.24, 2.45) is 58.0 Å². The molecule has 0 heterocycles. The summed E-state index contributed by atoms with van der Waals surface area (Å²) in [5.41, 5.74) is 6.35. The van der Waals surface area contributed by atoms with E-state index in [1.54, 1.807) is 0 Å². The van der Waals surface area contributed by atoms with Gasteiger partial charge in [0, 0.05) is 0 Å². The van der Waals surface area contributed by atoms with E-state index in [9.17, 15) is 4.79 Å². The van der Waals surface area contributed by atoms with Crippen molar-refractivity contribution >= 4 is 6.09 Å². The molecule has 178 valence electrons. The molecule has 3 heteroatoms. The summed E-state index contributed by atoms with van der Waals surface area (Å²) in [5, 5.41) is 0. The first-order chi connectivity index (χ1) is 14.6. The number of hydrogen-bond donors (Lipinski definition) is 1. The average Bonchev–Trinajstić information content (AvgIpc) is 3.05. The second-order valence-electron chi connectivity index (χ2n) is 13.0. The fourth-order valence-corrected chi connectivity index (χ4v) is 9.51. The smallest absolute Gasteiger partial charge is 0.404 e. The maximum Gasteiger partial charge on any atom is 0.404 e. The van der Waals surface area contributed by atoms with Gasteiger partial charge in [-0.3, -0.25) is 0 Å². The van der Waals surface area contributed by atoms with Crippen molar-refractivity contribution in [2.75, 3.05) is 0 Å². The van der Waals surface area contributed by atoms with Crippen LogP contribution >= 0.6 is 0 Å². The SMILES string of the molecule is CC(C)CCC[C@@H](C)[C@H]1CC[C@H]2[C@@H]3CC[C@H]4C[C@@H](OC(N)=O)CC[C@]4(C)[C@H]3CC[C@]12C. The number of ether oxygens (including phenoxy) is 1. The van der Waals surface area contributed by atoms with E-state index in [2.05, 4.69) is 34.6 Å². The van der Waals surface area contributed by atoms with Crippen molar-refractivity contribution in [1.82, 2.24) is 0 Å². The molecule has 1 amide bonds. The highest BCUT2D eigenvalue weighted by Gasteiger charge is 2.60. The van der Waals surface area contributed by atoms with Crippen molar-refractivity contribution in [3.8, 4) is 0 Å². The lowest BCUT2D eigenvalue weighted by Gasteiger charge is -2.61. The number of carbonyl (C=O) groups is 1. The van der Waals surface area contributed by atoms with Crippen LogP contribution in [0.1, 0.15) is 112 Å². The number of rotatable bonds is 6. The van der Waals surface area contributed by atoms with E-state index in [0.717, 1.165) is 48.3 Å². The molecule has 4 aliphatic rings. The van der Waals surface area contributed by atoms with E-state index in [0.29, 0.717) is 16.7 Å². The van der Waals surface area contributed by atoms with E-state index in [1.165, 1.54) is 64.2 Å². The molecule has 0 saturated heterocycles. The third-order valence-electron chi connectivity index (χ3n) is 11.1. The largest absolute Gasteiger partial charge is 0.446 e. The van der Waals surface area contributed by atoms with Gasteiger partial charge in [0.1, 0.15) is 6.10 Å². The van der Waals surface area contributed by atoms with Crippen molar-refractivity contribution in [2.45, 2.75) is 118 Å². The van der Waals surface area contributed by atoms with Crippen LogP contribution in [0.25, 0.3) is 0 Å². The van der Waals surface area contributed by atoms with Gasteiger partial charge in [-0.1, -0.05) is 53.9 Å². The van der Waals surface area contributed by atoms with Crippen molar-refractivity contribution < 1.29 is 9.53 Å². The second-order valence-corrected chi connectivity index (χ2v) is 13.0. The molecule has 4 fully saturated rings. The summed E-state index contributed by atoms with van der Waals surface area (Å²) in [6.45, 7) is 12.6. The Balaban J connectivity index is 1.43. The normalized spacial score (nSPS) is 45.5. The Morgan fingerprint density at radius 1 is 0.935 bits per heavy atom. The van der Waals surface area contributed by atoms with Gasteiger partial charge >= 0.3 is 6.09 Å². The van der Waals surface area contributed by atoms with E-state index in [4.69, 9.17) is 10.5 Å². The molecule has 0 radical (unpaired) electrons. The highest BCUT2D eigenvalue weighted by atomic mass is 16.6. The topological polar surface area (TPSA) is 52.3 Å². The van der Waals surface area contributed by atoms with Crippen molar-refractivity contribution in [1.29, 1.82) is 0 Å². The molecule has 0 spiro atoms.